The molecule has 1 atom stereocenters. The number of nitrogens with two attached hydrogens (primary N) is 1. The van der Waals surface area contributed by atoms with Gasteiger partial charge >= 0.3 is 6.18 Å². The Bertz CT molecular complexity index is 934. The van der Waals surface area contributed by atoms with Crippen molar-refractivity contribution in [3.63, 3.8) is 0 Å². The lowest BCUT2D eigenvalue weighted by atomic mass is 10.0. The number of methoxy groups -OCH3 is 1. The predicted molar refractivity (Wildman–Crippen MR) is 98.0 cm³/mol. The maximum absolute atomic E-state index is 13.3. The van der Waals surface area contributed by atoms with Crippen LogP contribution in [0.2, 0.25) is 10.0 Å². The molecule has 3 N–H and O–H groups in total. The fourth-order valence-electron chi connectivity index (χ4n) is 2.18. The monoisotopic (exact) mass is 435 g/mol. The first kappa shape index (κ1) is 21.9. The van der Waals surface area contributed by atoms with Crippen molar-refractivity contribution < 1.29 is 27.5 Å². The molecule has 11 heteroatoms. The van der Waals surface area contributed by atoms with Gasteiger partial charge in [-0.25, -0.2) is 4.98 Å². The number of carbonyl (C=O) groups excluding carboxylic acids is 2. The molecular weight excluding hydrogens is 422 g/mol. The lowest BCUT2D eigenvalue weighted by molar-refractivity contribution is -0.137. The molecule has 1 aromatic carbocycles. The van der Waals surface area contributed by atoms with Gasteiger partial charge in [0.2, 0.25) is 17.6 Å². The summed E-state index contributed by atoms with van der Waals surface area (Å²) in [5.41, 5.74) is 2.94. The molecule has 2 aromatic rings. The second-order valence-corrected chi connectivity index (χ2v) is 6.42. The summed E-state index contributed by atoms with van der Waals surface area (Å²) < 4.78 is 44.7. The number of pyridine rings is 1. The van der Waals surface area contributed by atoms with Crippen LogP contribution < -0.4 is 15.8 Å². The second kappa shape index (κ2) is 8.34. The molecule has 1 amide bonds. The molecule has 2 rings (SSSR count). The van der Waals surface area contributed by atoms with Gasteiger partial charge in [-0.3, -0.25) is 9.59 Å². The Morgan fingerprint density at radius 3 is 2.39 bits per heavy atom. The van der Waals surface area contributed by atoms with Crippen LogP contribution in [0.25, 0.3) is 0 Å². The number of nitrogens with zero attached hydrogens (tertiary/aromatic N) is 1. The molecule has 28 heavy (non-hydrogen) atoms. The van der Waals surface area contributed by atoms with E-state index in [-0.39, 0.29) is 16.6 Å². The topological polar surface area (TPSA) is 94.3 Å². The maximum Gasteiger partial charge on any atom is 0.417 e. The highest BCUT2D eigenvalue weighted by Gasteiger charge is 2.36. The molecule has 0 saturated heterocycles. The summed E-state index contributed by atoms with van der Waals surface area (Å²) in [6.07, 6.45) is -4.83. The lowest BCUT2D eigenvalue weighted by Gasteiger charge is -2.17. The van der Waals surface area contributed by atoms with Crippen molar-refractivity contribution in [2.75, 3.05) is 12.4 Å². The molecule has 1 unspecified atom stereocenters. The summed E-state index contributed by atoms with van der Waals surface area (Å²) >= 11 is 11.9. The van der Waals surface area contributed by atoms with Crippen LogP contribution in [-0.2, 0) is 11.0 Å². The van der Waals surface area contributed by atoms with E-state index < -0.39 is 45.8 Å². The van der Waals surface area contributed by atoms with E-state index in [4.69, 9.17) is 33.7 Å². The van der Waals surface area contributed by atoms with Gasteiger partial charge in [-0.15, -0.1) is 0 Å². The number of hydrogen-bond donors (Lipinski definition) is 2. The van der Waals surface area contributed by atoms with E-state index in [1.54, 1.807) is 0 Å². The van der Waals surface area contributed by atoms with Gasteiger partial charge in [0.15, 0.2) is 0 Å². The van der Waals surface area contributed by atoms with Crippen molar-refractivity contribution >= 4 is 40.6 Å². The number of benzene rings is 1. The minimum Gasteiger partial charge on any atom is -0.481 e. The van der Waals surface area contributed by atoms with E-state index in [2.05, 4.69) is 10.3 Å². The van der Waals surface area contributed by atoms with Crippen molar-refractivity contribution in [3.05, 3.63) is 51.1 Å². The summed E-state index contributed by atoms with van der Waals surface area (Å²) in [6.45, 7) is 1.36. The Kier molecular flexibility index (Phi) is 6.53. The van der Waals surface area contributed by atoms with Crippen LogP contribution >= 0.6 is 23.2 Å². The molecule has 1 aromatic heterocycles. The van der Waals surface area contributed by atoms with Crippen molar-refractivity contribution in [1.82, 2.24) is 4.98 Å². The van der Waals surface area contributed by atoms with Crippen molar-refractivity contribution in [2.45, 2.75) is 19.1 Å². The smallest absolute Gasteiger partial charge is 0.417 e. The fourth-order valence-corrected chi connectivity index (χ4v) is 2.73. The molecule has 0 fully saturated rings. The zero-order valence-corrected chi connectivity index (χ0v) is 16.0. The van der Waals surface area contributed by atoms with Gasteiger partial charge in [0.05, 0.1) is 40.0 Å². The van der Waals surface area contributed by atoms with Crippen LogP contribution in [0.5, 0.6) is 5.88 Å². The Morgan fingerprint density at radius 2 is 1.86 bits per heavy atom. The van der Waals surface area contributed by atoms with E-state index in [9.17, 15) is 22.8 Å². The predicted octanol–water partition coefficient (Wildman–Crippen LogP) is 3.93. The van der Waals surface area contributed by atoms with Crippen molar-refractivity contribution in [2.24, 2.45) is 5.73 Å². The van der Waals surface area contributed by atoms with Gasteiger partial charge in [-0.1, -0.05) is 23.2 Å². The summed E-state index contributed by atoms with van der Waals surface area (Å²) in [7, 11) is 1.29. The van der Waals surface area contributed by atoms with Crippen LogP contribution in [0.1, 0.15) is 28.5 Å². The first-order chi connectivity index (χ1) is 13.0. The number of amides is 1. The average Bonchev–Trinajstić information content (AvgIpc) is 2.60. The van der Waals surface area contributed by atoms with Gasteiger partial charge in [0.25, 0.3) is 0 Å². The van der Waals surface area contributed by atoms with Gasteiger partial charge in [0, 0.05) is 6.07 Å². The number of nitrogens with one attached hydrogen (secondary N) is 1. The van der Waals surface area contributed by atoms with E-state index in [0.29, 0.717) is 6.07 Å². The first-order valence-electron chi connectivity index (χ1n) is 7.68. The highest BCUT2D eigenvalue weighted by atomic mass is 35.5. The van der Waals surface area contributed by atoms with E-state index in [1.807, 2.05) is 0 Å². The number of ketones is 1. The van der Waals surface area contributed by atoms with Gasteiger partial charge in [-0.2, -0.15) is 13.2 Å². The summed E-state index contributed by atoms with van der Waals surface area (Å²) in [5.74, 6) is -1.74. The maximum atomic E-state index is 13.3. The third-order valence-corrected chi connectivity index (χ3v) is 4.29. The average molecular weight is 436 g/mol. The van der Waals surface area contributed by atoms with Crippen molar-refractivity contribution in [1.29, 1.82) is 0 Å². The summed E-state index contributed by atoms with van der Waals surface area (Å²) in [6, 6.07) is 3.24. The van der Waals surface area contributed by atoms with Crippen molar-refractivity contribution in [3.8, 4) is 5.88 Å². The molecule has 0 aliphatic carbocycles. The summed E-state index contributed by atoms with van der Waals surface area (Å²) in [4.78, 5) is 28.8. The highest BCUT2D eigenvalue weighted by molar-refractivity contribution is 6.39. The standard InChI is InChI=1S/C17H14Cl2F3N3O3/c1-7(23)16(27)24-10-5-3-8(17(20,21)22)13(19)12(10)15(26)14-9(18)4-6-11(25-14)28-2/h3-7H,23H2,1-2H3,(H,24,27). The minimum atomic E-state index is -4.83. The van der Waals surface area contributed by atoms with Crippen LogP contribution in [0, 0.1) is 0 Å². The van der Waals surface area contributed by atoms with Crippen LogP contribution in [-0.4, -0.2) is 29.8 Å². The van der Waals surface area contributed by atoms with Crippen LogP contribution in [0.15, 0.2) is 24.3 Å². The van der Waals surface area contributed by atoms with Crippen LogP contribution in [0.4, 0.5) is 18.9 Å². The normalized spacial score (nSPS) is 12.4. The van der Waals surface area contributed by atoms with E-state index in [0.717, 1.165) is 6.07 Å². The molecule has 0 saturated carbocycles. The largest absolute Gasteiger partial charge is 0.481 e. The quantitative estimate of drug-likeness (QED) is 0.693. The van der Waals surface area contributed by atoms with E-state index >= 15 is 0 Å². The molecule has 6 nitrogen and oxygen atoms in total. The molecule has 0 aliphatic rings. The number of carbonyl (C=O) groups is 2. The second-order valence-electron chi connectivity index (χ2n) is 5.64. The molecule has 0 radical (unpaired) electrons. The van der Waals surface area contributed by atoms with Crippen LogP contribution in [0.3, 0.4) is 0 Å². The van der Waals surface area contributed by atoms with Gasteiger partial charge < -0.3 is 15.8 Å². The van der Waals surface area contributed by atoms with E-state index in [1.165, 1.54) is 26.2 Å². The number of hydrogen-bond acceptors (Lipinski definition) is 5. The summed E-state index contributed by atoms with van der Waals surface area (Å²) in [5, 5.41) is 1.25. The highest BCUT2D eigenvalue weighted by Crippen LogP contribution is 2.40. The SMILES string of the molecule is COc1ccc(Cl)c(C(=O)c2c(NC(=O)C(C)N)ccc(C(F)(F)F)c2Cl)n1. The fraction of sp³-hybridized carbons (Fsp3) is 0.235. The minimum absolute atomic E-state index is 0.0111. The third kappa shape index (κ3) is 4.54. The molecule has 0 aliphatic heterocycles. The Hall–Kier alpha value is -2.36. The molecule has 0 spiro atoms. The number of anilines is 1. The third-order valence-electron chi connectivity index (χ3n) is 3.59. The van der Waals surface area contributed by atoms with Gasteiger partial charge in [0.1, 0.15) is 5.69 Å². The number of alkyl halides is 3. The molecular formula is C17H14Cl2F3N3O3. The lowest BCUT2D eigenvalue weighted by Crippen LogP contribution is -2.33. The number of ether oxygens (including phenoxy) is 1. The Balaban J connectivity index is 2.71. The number of halogens is 5. The molecule has 150 valence electrons. The Morgan fingerprint density at radius 1 is 1.21 bits per heavy atom. The zero-order valence-electron chi connectivity index (χ0n) is 14.5. The number of rotatable bonds is 5. The Labute approximate surface area is 167 Å². The molecule has 0 bridgehead atoms. The zero-order chi connectivity index (χ0) is 21.2. The number of aromatic nitrogens is 1. The first-order valence-corrected chi connectivity index (χ1v) is 8.44. The molecule has 1 heterocycles. The van der Waals surface area contributed by atoms with Gasteiger partial charge in [-0.05, 0) is 25.1 Å².